The standard InChI is InChI=1S/C13H16ClN5O2/c14-13-16-11(18-3-6-20-7-4-18)10-12(17-13)19(8-15-10)9-2-1-5-21-9/h8-9H,1-7H2. The summed E-state index contributed by atoms with van der Waals surface area (Å²) in [5.74, 6) is 0.782. The third-order valence-corrected chi connectivity index (χ3v) is 4.07. The molecule has 0 amide bonds. The van der Waals surface area contributed by atoms with Gasteiger partial charge in [0.25, 0.3) is 0 Å². The van der Waals surface area contributed by atoms with E-state index in [4.69, 9.17) is 21.1 Å². The van der Waals surface area contributed by atoms with E-state index >= 15 is 0 Å². The minimum atomic E-state index is -0.00138. The molecule has 2 fully saturated rings. The summed E-state index contributed by atoms with van der Waals surface area (Å²) in [6.07, 6.45) is 3.80. The number of ether oxygens (including phenoxy) is 2. The maximum Gasteiger partial charge on any atom is 0.226 e. The normalized spacial score (nSPS) is 23.1. The van der Waals surface area contributed by atoms with Crippen LogP contribution in [-0.4, -0.2) is 52.4 Å². The quantitative estimate of drug-likeness (QED) is 0.786. The van der Waals surface area contributed by atoms with Gasteiger partial charge < -0.3 is 14.4 Å². The number of hydrogen-bond donors (Lipinski definition) is 0. The zero-order chi connectivity index (χ0) is 14.2. The van der Waals surface area contributed by atoms with Crippen LogP contribution in [0.3, 0.4) is 0 Å². The van der Waals surface area contributed by atoms with Gasteiger partial charge in [-0.2, -0.15) is 9.97 Å². The van der Waals surface area contributed by atoms with Crippen molar-refractivity contribution in [2.24, 2.45) is 0 Å². The molecular weight excluding hydrogens is 294 g/mol. The Morgan fingerprint density at radius 3 is 2.81 bits per heavy atom. The molecule has 0 spiro atoms. The van der Waals surface area contributed by atoms with Crippen molar-refractivity contribution < 1.29 is 9.47 Å². The Kier molecular flexibility index (Phi) is 3.40. The van der Waals surface area contributed by atoms with E-state index in [2.05, 4.69) is 19.9 Å². The Morgan fingerprint density at radius 2 is 2.05 bits per heavy atom. The first-order valence-electron chi connectivity index (χ1n) is 7.17. The number of aromatic nitrogens is 4. The number of rotatable bonds is 2. The monoisotopic (exact) mass is 309 g/mol. The lowest BCUT2D eigenvalue weighted by Crippen LogP contribution is -2.37. The Labute approximate surface area is 126 Å². The lowest BCUT2D eigenvalue weighted by Gasteiger charge is -2.27. The predicted octanol–water partition coefficient (Wildman–Crippen LogP) is 1.63. The SMILES string of the molecule is Clc1nc(N2CCOCC2)c2ncn(C3CCCO3)c2n1. The molecule has 2 aromatic rings. The predicted molar refractivity (Wildman–Crippen MR) is 77.6 cm³/mol. The lowest BCUT2D eigenvalue weighted by atomic mass is 10.3. The van der Waals surface area contributed by atoms with Crippen molar-refractivity contribution in [1.82, 2.24) is 19.5 Å². The molecule has 4 rings (SSSR count). The molecule has 1 unspecified atom stereocenters. The van der Waals surface area contributed by atoms with E-state index < -0.39 is 0 Å². The van der Waals surface area contributed by atoms with Crippen LogP contribution in [0.15, 0.2) is 6.33 Å². The van der Waals surface area contributed by atoms with Crippen molar-refractivity contribution in [2.45, 2.75) is 19.1 Å². The molecule has 0 N–H and O–H groups in total. The molecule has 0 aliphatic carbocycles. The molecule has 8 heteroatoms. The number of hydrogen-bond acceptors (Lipinski definition) is 6. The highest BCUT2D eigenvalue weighted by Gasteiger charge is 2.24. The second kappa shape index (κ2) is 5.40. The topological polar surface area (TPSA) is 65.3 Å². The molecule has 2 aromatic heterocycles. The molecule has 4 heterocycles. The highest BCUT2D eigenvalue weighted by atomic mass is 35.5. The fourth-order valence-corrected chi connectivity index (χ4v) is 3.02. The van der Waals surface area contributed by atoms with Gasteiger partial charge in [-0.1, -0.05) is 0 Å². The van der Waals surface area contributed by atoms with Crippen molar-refractivity contribution >= 4 is 28.6 Å². The van der Waals surface area contributed by atoms with Gasteiger partial charge >= 0.3 is 0 Å². The number of nitrogens with zero attached hydrogens (tertiary/aromatic N) is 5. The third kappa shape index (κ3) is 2.35. The van der Waals surface area contributed by atoms with Crippen LogP contribution in [0, 0.1) is 0 Å². The summed E-state index contributed by atoms with van der Waals surface area (Å²) in [5.41, 5.74) is 1.51. The third-order valence-electron chi connectivity index (χ3n) is 3.90. The Morgan fingerprint density at radius 1 is 1.19 bits per heavy atom. The minimum Gasteiger partial charge on any atom is -0.378 e. The second-order valence-electron chi connectivity index (χ2n) is 5.21. The summed E-state index contributed by atoms with van der Waals surface area (Å²) >= 11 is 6.12. The van der Waals surface area contributed by atoms with Gasteiger partial charge in [-0.15, -0.1) is 0 Å². The van der Waals surface area contributed by atoms with E-state index in [1.54, 1.807) is 6.33 Å². The van der Waals surface area contributed by atoms with Crippen molar-refractivity contribution in [3.63, 3.8) is 0 Å². The Hall–Kier alpha value is -1.44. The zero-order valence-electron chi connectivity index (χ0n) is 11.5. The van der Waals surface area contributed by atoms with Crippen molar-refractivity contribution in [1.29, 1.82) is 0 Å². The summed E-state index contributed by atoms with van der Waals surface area (Å²) in [6, 6.07) is 0. The molecular formula is C13H16ClN5O2. The highest BCUT2D eigenvalue weighted by Crippen LogP contribution is 2.30. The largest absolute Gasteiger partial charge is 0.378 e. The number of anilines is 1. The van der Waals surface area contributed by atoms with Gasteiger partial charge in [0.2, 0.25) is 5.28 Å². The first-order chi connectivity index (χ1) is 10.3. The molecule has 0 bridgehead atoms. The van der Waals surface area contributed by atoms with Gasteiger partial charge in [0, 0.05) is 19.7 Å². The van der Waals surface area contributed by atoms with Crippen molar-refractivity contribution in [3.8, 4) is 0 Å². The Bertz CT molecular complexity index is 649. The van der Waals surface area contributed by atoms with Gasteiger partial charge in [0.1, 0.15) is 6.23 Å². The Balaban J connectivity index is 1.80. The van der Waals surface area contributed by atoms with Gasteiger partial charge in [-0.05, 0) is 24.4 Å². The van der Waals surface area contributed by atoms with Gasteiger partial charge in [-0.25, -0.2) is 4.98 Å². The number of halogens is 1. The van der Waals surface area contributed by atoms with E-state index in [0.717, 1.165) is 49.5 Å². The summed E-state index contributed by atoms with van der Waals surface area (Å²) in [6.45, 7) is 3.73. The molecule has 0 radical (unpaired) electrons. The van der Waals surface area contributed by atoms with Gasteiger partial charge in [-0.3, -0.25) is 4.57 Å². The number of imidazole rings is 1. The fourth-order valence-electron chi connectivity index (χ4n) is 2.86. The molecule has 0 saturated carbocycles. The second-order valence-corrected chi connectivity index (χ2v) is 5.55. The van der Waals surface area contributed by atoms with E-state index in [1.165, 1.54) is 0 Å². The molecule has 1 atom stereocenters. The van der Waals surface area contributed by atoms with Crippen LogP contribution in [-0.2, 0) is 9.47 Å². The molecule has 112 valence electrons. The molecule has 2 aliphatic heterocycles. The minimum absolute atomic E-state index is 0.00138. The van der Waals surface area contributed by atoms with Crippen LogP contribution >= 0.6 is 11.6 Å². The average Bonchev–Trinajstić information content (AvgIpc) is 3.15. The van der Waals surface area contributed by atoms with Crippen molar-refractivity contribution in [2.75, 3.05) is 37.8 Å². The summed E-state index contributed by atoms with van der Waals surface area (Å²) < 4.78 is 13.1. The first-order valence-corrected chi connectivity index (χ1v) is 7.55. The number of morpholine rings is 1. The summed E-state index contributed by atoms with van der Waals surface area (Å²) in [7, 11) is 0. The molecule has 2 saturated heterocycles. The van der Waals surface area contributed by atoms with Crippen LogP contribution in [0.1, 0.15) is 19.1 Å². The van der Waals surface area contributed by atoms with Gasteiger partial charge in [0.05, 0.1) is 19.5 Å². The summed E-state index contributed by atoms with van der Waals surface area (Å²) in [4.78, 5) is 15.4. The lowest BCUT2D eigenvalue weighted by molar-refractivity contribution is 0.0593. The smallest absolute Gasteiger partial charge is 0.226 e. The number of fused-ring (bicyclic) bond motifs is 1. The molecule has 0 aromatic carbocycles. The van der Waals surface area contributed by atoms with E-state index in [9.17, 15) is 0 Å². The zero-order valence-corrected chi connectivity index (χ0v) is 12.3. The van der Waals surface area contributed by atoms with Crippen LogP contribution in [0.2, 0.25) is 5.28 Å². The van der Waals surface area contributed by atoms with Crippen LogP contribution in [0.5, 0.6) is 0 Å². The van der Waals surface area contributed by atoms with E-state index in [1.807, 2.05) is 4.57 Å². The maximum atomic E-state index is 6.12. The van der Waals surface area contributed by atoms with Crippen molar-refractivity contribution in [3.05, 3.63) is 11.6 Å². The van der Waals surface area contributed by atoms with Crippen LogP contribution < -0.4 is 4.90 Å². The molecule has 21 heavy (non-hydrogen) atoms. The average molecular weight is 310 g/mol. The first kappa shape index (κ1) is 13.2. The summed E-state index contributed by atoms with van der Waals surface area (Å²) in [5, 5.41) is 0.240. The van der Waals surface area contributed by atoms with Gasteiger partial charge in [0.15, 0.2) is 17.0 Å². The fraction of sp³-hybridized carbons (Fsp3) is 0.615. The highest BCUT2D eigenvalue weighted by molar-refractivity contribution is 6.28. The maximum absolute atomic E-state index is 6.12. The molecule has 2 aliphatic rings. The molecule has 7 nitrogen and oxygen atoms in total. The van der Waals surface area contributed by atoms with E-state index in [0.29, 0.717) is 13.2 Å². The van der Waals surface area contributed by atoms with Crippen LogP contribution in [0.4, 0.5) is 5.82 Å². The van der Waals surface area contributed by atoms with E-state index in [-0.39, 0.29) is 11.5 Å². The van der Waals surface area contributed by atoms with Crippen LogP contribution in [0.25, 0.3) is 11.2 Å².